The standard InChI is InChI=1S/C18H17NO3/c1-2-3-4-8-15-13(10-19)18-14(11-21-15)17(20)12-7-5-6-9-16(12)22-18/h5-7,9,11,18H,2-4,8H2,1H3. The van der Waals surface area contributed by atoms with Gasteiger partial charge in [-0.25, -0.2) is 0 Å². The molecular weight excluding hydrogens is 278 g/mol. The summed E-state index contributed by atoms with van der Waals surface area (Å²) >= 11 is 0. The Hall–Kier alpha value is -2.54. The van der Waals surface area contributed by atoms with Gasteiger partial charge in [0.25, 0.3) is 0 Å². The van der Waals surface area contributed by atoms with Crippen LogP contribution in [0.1, 0.15) is 43.0 Å². The molecule has 1 atom stereocenters. The van der Waals surface area contributed by atoms with Crippen molar-refractivity contribution in [1.82, 2.24) is 0 Å². The molecule has 1 unspecified atom stereocenters. The molecule has 0 aromatic heterocycles. The maximum absolute atomic E-state index is 12.5. The number of nitriles is 1. The average molecular weight is 295 g/mol. The number of benzene rings is 1. The molecule has 112 valence electrons. The van der Waals surface area contributed by atoms with Crippen molar-refractivity contribution < 1.29 is 14.3 Å². The third-order valence-electron chi connectivity index (χ3n) is 3.94. The number of nitrogens with zero attached hydrogens (tertiary/aromatic N) is 1. The molecule has 0 aliphatic carbocycles. The first-order valence-corrected chi connectivity index (χ1v) is 7.56. The smallest absolute Gasteiger partial charge is 0.199 e. The Balaban J connectivity index is 1.93. The highest BCUT2D eigenvalue weighted by atomic mass is 16.5. The lowest BCUT2D eigenvalue weighted by molar-refractivity contribution is 0.0959. The van der Waals surface area contributed by atoms with Gasteiger partial charge in [0, 0.05) is 6.42 Å². The molecule has 4 nitrogen and oxygen atoms in total. The summed E-state index contributed by atoms with van der Waals surface area (Å²) in [6, 6.07) is 9.26. The highest BCUT2D eigenvalue weighted by Crippen LogP contribution is 2.37. The molecule has 0 spiro atoms. The minimum absolute atomic E-state index is 0.132. The molecule has 2 heterocycles. The molecule has 0 radical (unpaired) electrons. The van der Waals surface area contributed by atoms with Crippen LogP contribution in [0, 0.1) is 11.3 Å². The highest BCUT2D eigenvalue weighted by Gasteiger charge is 2.38. The fraction of sp³-hybridized carbons (Fsp3) is 0.333. The lowest BCUT2D eigenvalue weighted by atomic mass is 9.90. The van der Waals surface area contributed by atoms with Crippen LogP contribution in [0.15, 0.2) is 47.4 Å². The van der Waals surface area contributed by atoms with E-state index in [1.165, 1.54) is 6.26 Å². The van der Waals surface area contributed by atoms with Gasteiger partial charge in [0.15, 0.2) is 11.9 Å². The maximum Gasteiger partial charge on any atom is 0.199 e. The summed E-state index contributed by atoms with van der Waals surface area (Å²) in [6.07, 6.45) is 4.63. The number of hydrogen-bond acceptors (Lipinski definition) is 4. The quantitative estimate of drug-likeness (QED) is 0.790. The summed E-state index contributed by atoms with van der Waals surface area (Å²) in [4.78, 5) is 12.5. The SMILES string of the molecule is CCCCCC1=C(C#N)C2Oc3ccccc3C(=O)C2=CO1. The van der Waals surface area contributed by atoms with E-state index in [1.54, 1.807) is 18.2 Å². The number of hydrogen-bond donors (Lipinski definition) is 0. The highest BCUT2D eigenvalue weighted by molar-refractivity contribution is 6.12. The van der Waals surface area contributed by atoms with Gasteiger partial charge in [0.05, 0.1) is 11.1 Å². The second-order valence-electron chi connectivity index (χ2n) is 5.42. The van der Waals surface area contributed by atoms with Gasteiger partial charge in [0.1, 0.15) is 29.4 Å². The second kappa shape index (κ2) is 6.07. The van der Waals surface area contributed by atoms with Gasteiger partial charge in [-0.1, -0.05) is 31.9 Å². The Kier molecular flexibility index (Phi) is 3.97. The molecule has 3 rings (SSSR count). The van der Waals surface area contributed by atoms with Crippen molar-refractivity contribution in [3.63, 3.8) is 0 Å². The number of rotatable bonds is 4. The topological polar surface area (TPSA) is 59.3 Å². The van der Waals surface area contributed by atoms with Crippen LogP contribution in [0.5, 0.6) is 5.75 Å². The van der Waals surface area contributed by atoms with Crippen molar-refractivity contribution in [2.45, 2.75) is 38.7 Å². The number of carbonyl (C=O) groups is 1. The van der Waals surface area contributed by atoms with Gasteiger partial charge in [0.2, 0.25) is 0 Å². The predicted molar refractivity (Wildman–Crippen MR) is 81.1 cm³/mol. The molecule has 0 saturated heterocycles. The summed E-state index contributed by atoms with van der Waals surface area (Å²) in [6.45, 7) is 2.12. The van der Waals surface area contributed by atoms with E-state index in [9.17, 15) is 10.1 Å². The molecule has 0 saturated carbocycles. The third kappa shape index (κ3) is 2.39. The zero-order valence-electron chi connectivity index (χ0n) is 12.5. The fourth-order valence-corrected chi connectivity index (χ4v) is 2.75. The minimum atomic E-state index is -0.641. The number of ketones is 1. The number of para-hydroxylation sites is 1. The minimum Gasteiger partial charge on any atom is -0.479 e. The fourth-order valence-electron chi connectivity index (χ4n) is 2.75. The molecule has 0 N–H and O–H groups in total. The molecule has 0 bridgehead atoms. The Morgan fingerprint density at radius 3 is 2.86 bits per heavy atom. The van der Waals surface area contributed by atoms with Crippen molar-refractivity contribution in [1.29, 1.82) is 5.26 Å². The first-order valence-electron chi connectivity index (χ1n) is 7.56. The van der Waals surface area contributed by atoms with E-state index in [-0.39, 0.29) is 5.78 Å². The number of fused-ring (bicyclic) bond motifs is 2. The third-order valence-corrected chi connectivity index (χ3v) is 3.94. The van der Waals surface area contributed by atoms with Crippen LogP contribution < -0.4 is 4.74 Å². The van der Waals surface area contributed by atoms with E-state index in [1.807, 2.05) is 6.07 Å². The van der Waals surface area contributed by atoms with Crippen LogP contribution in [0.4, 0.5) is 0 Å². The monoisotopic (exact) mass is 295 g/mol. The van der Waals surface area contributed by atoms with E-state index < -0.39 is 6.10 Å². The van der Waals surface area contributed by atoms with Gasteiger partial charge in [-0.05, 0) is 18.6 Å². The van der Waals surface area contributed by atoms with Crippen molar-refractivity contribution >= 4 is 5.78 Å². The van der Waals surface area contributed by atoms with E-state index >= 15 is 0 Å². The Morgan fingerprint density at radius 1 is 1.27 bits per heavy atom. The van der Waals surface area contributed by atoms with Crippen LogP contribution in [0.3, 0.4) is 0 Å². The number of unbranched alkanes of at least 4 members (excludes halogenated alkanes) is 2. The van der Waals surface area contributed by atoms with Crippen molar-refractivity contribution in [3.05, 3.63) is 53.0 Å². The summed E-state index contributed by atoms with van der Waals surface area (Å²) in [5, 5.41) is 9.48. The van der Waals surface area contributed by atoms with E-state index in [0.717, 1.165) is 19.3 Å². The van der Waals surface area contributed by atoms with Crippen LogP contribution in [-0.2, 0) is 4.74 Å². The normalized spacial score (nSPS) is 19.4. The van der Waals surface area contributed by atoms with E-state index in [2.05, 4.69) is 13.0 Å². The Morgan fingerprint density at radius 2 is 2.09 bits per heavy atom. The number of Topliss-reactive ketones (excluding diaryl/α,β-unsaturated/α-hetero) is 1. The number of carbonyl (C=O) groups excluding carboxylic acids is 1. The molecule has 1 aromatic rings. The van der Waals surface area contributed by atoms with Gasteiger partial charge >= 0.3 is 0 Å². The number of allylic oxidation sites excluding steroid dienone is 1. The van der Waals surface area contributed by atoms with Gasteiger partial charge in [-0.2, -0.15) is 5.26 Å². The van der Waals surface area contributed by atoms with Crippen LogP contribution in [-0.4, -0.2) is 11.9 Å². The summed E-state index contributed by atoms with van der Waals surface area (Å²) in [5.41, 5.74) is 1.33. The van der Waals surface area contributed by atoms with Crippen molar-refractivity contribution in [3.8, 4) is 11.8 Å². The molecule has 0 amide bonds. The predicted octanol–water partition coefficient (Wildman–Crippen LogP) is 3.90. The van der Waals surface area contributed by atoms with Crippen LogP contribution in [0.25, 0.3) is 0 Å². The Bertz CT molecular complexity index is 709. The summed E-state index contributed by atoms with van der Waals surface area (Å²) in [7, 11) is 0. The maximum atomic E-state index is 12.5. The van der Waals surface area contributed by atoms with Gasteiger partial charge in [-0.3, -0.25) is 4.79 Å². The van der Waals surface area contributed by atoms with Gasteiger partial charge in [-0.15, -0.1) is 0 Å². The molecular formula is C18H17NO3. The molecule has 2 aliphatic rings. The van der Waals surface area contributed by atoms with Crippen molar-refractivity contribution in [2.24, 2.45) is 0 Å². The molecule has 4 heteroatoms. The first kappa shape index (κ1) is 14.4. The lowest BCUT2D eigenvalue weighted by Crippen LogP contribution is -2.34. The molecule has 1 aromatic carbocycles. The molecule has 22 heavy (non-hydrogen) atoms. The molecule has 0 fully saturated rings. The largest absolute Gasteiger partial charge is 0.479 e. The number of ether oxygens (including phenoxy) is 2. The zero-order chi connectivity index (χ0) is 15.5. The van der Waals surface area contributed by atoms with E-state index in [0.29, 0.717) is 34.6 Å². The van der Waals surface area contributed by atoms with E-state index in [4.69, 9.17) is 9.47 Å². The second-order valence-corrected chi connectivity index (χ2v) is 5.42. The van der Waals surface area contributed by atoms with Crippen LogP contribution in [0.2, 0.25) is 0 Å². The first-order chi connectivity index (χ1) is 10.8. The summed E-state index contributed by atoms with van der Waals surface area (Å²) in [5.74, 6) is 1.02. The van der Waals surface area contributed by atoms with Crippen molar-refractivity contribution in [2.75, 3.05) is 0 Å². The molecule has 2 aliphatic heterocycles. The van der Waals surface area contributed by atoms with Gasteiger partial charge < -0.3 is 9.47 Å². The lowest BCUT2D eigenvalue weighted by Gasteiger charge is -2.30. The average Bonchev–Trinajstić information content (AvgIpc) is 2.55. The van der Waals surface area contributed by atoms with Crippen LogP contribution >= 0.6 is 0 Å². The summed E-state index contributed by atoms with van der Waals surface area (Å²) < 4.78 is 11.5. The Labute approximate surface area is 129 Å². The zero-order valence-corrected chi connectivity index (χ0v) is 12.5.